The molecule has 0 aromatic heterocycles. The molecule has 8 heteroatoms. The van der Waals surface area contributed by atoms with Gasteiger partial charge in [-0.2, -0.15) is 0 Å². The molecule has 3 aliphatic heterocycles. The van der Waals surface area contributed by atoms with Gasteiger partial charge in [-0.3, -0.25) is 14.4 Å². The largest absolute Gasteiger partial charge is 0.494 e. The zero-order valence-electron chi connectivity index (χ0n) is 21.2. The molecule has 2 amide bonds. The fourth-order valence-electron chi connectivity index (χ4n) is 5.90. The number of ketones is 1. The zero-order valence-corrected chi connectivity index (χ0v) is 23.6. The second-order valence-corrected chi connectivity index (χ2v) is 11.4. The molecule has 6 nitrogen and oxygen atoms in total. The van der Waals surface area contributed by atoms with E-state index >= 15 is 0 Å². The van der Waals surface area contributed by atoms with Gasteiger partial charge in [0.25, 0.3) is 0 Å². The summed E-state index contributed by atoms with van der Waals surface area (Å²) in [4.78, 5) is 45.3. The molecular weight excluding hydrogens is 580 g/mol. The number of carbonyl (C=O) groups is 3. The van der Waals surface area contributed by atoms with Gasteiger partial charge >= 0.3 is 0 Å². The summed E-state index contributed by atoms with van der Waals surface area (Å²) in [7, 11) is 0. The van der Waals surface area contributed by atoms with E-state index in [0.29, 0.717) is 28.6 Å². The Bertz CT molecular complexity index is 1490. The maximum atomic E-state index is 14.1. The van der Waals surface area contributed by atoms with Crippen molar-refractivity contribution >= 4 is 62.6 Å². The van der Waals surface area contributed by atoms with Crippen LogP contribution in [0.5, 0.6) is 5.75 Å². The number of imide groups is 1. The van der Waals surface area contributed by atoms with E-state index < -0.39 is 23.9 Å². The average molecular weight is 606 g/mol. The fraction of sp³-hybridized carbons (Fsp3) is 0.258. The molecule has 0 saturated carbocycles. The Labute approximate surface area is 240 Å². The Hall–Kier alpha value is -3.42. The number of hydrogen-bond donors (Lipinski definition) is 0. The Morgan fingerprint density at radius 3 is 2.41 bits per heavy atom. The highest BCUT2D eigenvalue weighted by Gasteiger charge is 2.64. The number of nitrogens with zero attached hydrogens (tertiary/aromatic N) is 2. The predicted molar refractivity (Wildman–Crippen MR) is 155 cm³/mol. The van der Waals surface area contributed by atoms with Gasteiger partial charge in [0.05, 0.1) is 30.2 Å². The Balaban J connectivity index is 1.40. The van der Waals surface area contributed by atoms with E-state index in [-0.39, 0.29) is 17.6 Å². The van der Waals surface area contributed by atoms with E-state index in [1.165, 1.54) is 4.90 Å². The number of carbonyl (C=O) groups excluding carboxylic acids is 3. The molecule has 3 aromatic carbocycles. The van der Waals surface area contributed by atoms with Crippen molar-refractivity contribution in [3.8, 4) is 5.75 Å². The maximum absolute atomic E-state index is 14.1. The molecule has 39 heavy (non-hydrogen) atoms. The molecule has 3 aliphatic rings. The Morgan fingerprint density at radius 1 is 0.974 bits per heavy atom. The first-order valence-corrected chi connectivity index (χ1v) is 14.2. The van der Waals surface area contributed by atoms with Gasteiger partial charge in [0.15, 0.2) is 5.78 Å². The quantitative estimate of drug-likeness (QED) is 0.174. The van der Waals surface area contributed by atoms with Crippen molar-refractivity contribution in [1.82, 2.24) is 0 Å². The van der Waals surface area contributed by atoms with Gasteiger partial charge in [-0.25, -0.2) is 4.90 Å². The minimum Gasteiger partial charge on any atom is -0.494 e. The van der Waals surface area contributed by atoms with Crippen LogP contribution in [0.4, 0.5) is 11.4 Å². The lowest BCUT2D eigenvalue weighted by molar-refractivity contribution is -0.122. The van der Waals surface area contributed by atoms with Crippen LogP contribution in [-0.4, -0.2) is 36.3 Å². The van der Waals surface area contributed by atoms with E-state index in [9.17, 15) is 14.4 Å². The third-order valence-corrected chi connectivity index (χ3v) is 8.49. The van der Waals surface area contributed by atoms with Gasteiger partial charge in [0, 0.05) is 20.7 Å². The van der Waals surface area contributed by atoms with Crippen molar-refractivity contribution in [3.05, 3.63) is 93.4 Å². The molecule has 0 aliphatic carbocycles. The molecule has 4 atom stereocenters. The number of Topliss-reactive ketones (excluding diaryl/α,β-unsaturated/α-hetero) is 1. The van der Waals surface area contributed by atoms with Crippen LogP contribution in [0.15, 0.2) is 77.3 Å². The molecule has 2 fully saturated rings. The van der Waals surface area contributed by atoms with Crippen LogP contribution in [0.25, 0.3) is 6.08 Å². The first-order chi connectivity index (χ1) is 18.9. The number of rotatable bonds is 7. The summed E-state index contributed by atoms with van der Waals surface area (Å²) in [6, 6.07) is 18.3. The summed E-state index contributed by atoms with van der Waals surface area (Å²) in [5.74, 6) is -1.74. The summed E-state index contributed by atoms with van der Waals surface area (Å²) < 4.78 is 6.60. The second kappa shape index (κ2) is 10.3. The van der Waals surface area contributed by atoms with Crippen LogP contribution >= 0.6 is 27.5 Å². The number of ether oxygens (including phenoxy) is 1. The number of halogens is 2. The number of amides is 2. The van der Waals surface area contributed by atoms with Gasteiger partial charge in [0.2, 0.25) is 11.8 Å². The summed E-state index contributed by atoms with van der Waals surface area (Å²) in [6.45, 7) is 2.70. The van der Waals surface area contributed by atoms with Crippen molar-refractivity contribution in [2.24, 2.45) is 11.8 Å². The van der Waals surface area contributed by atoms with E-state index in [1.54, 1.807) is 60.7 Å². The van der Waals surface area contributed by atoms with Crippen molar-refractivity contribution in [2.75, 3.05) is 16.4 Å². The molecule has 0 unspecified atom stereocenters. The third kappa shape index (κ3) is 4.38. The molecule has 0 spiro atoms. The number of anilines is 2. The number of unbranched alkanes of at least 4 members (excludes halogenated alkanes) is 1. The monoisotopic (exact) mass is 604 g/mol. The van der Waals surface area contributed by atoms with Crippen LogP contribution in [0.1, 0.15) is 35.7 Å². The summed E-state index contributed by atoms with van der Waals surface area (Å²) in [5, 5.41) is 0.523. The lowest BCUT2D eigenvalue weighted by Crippen LogP contribution is -2.48. The van der Waals surface area contributed by atoms with Gasteiger partial charge in [0.1, 0.15) is 11.8 Å². The molecule has 2 saturated heterocycles. The number of hydrogen-bond acceptors (Lipinski definition) is 5. The molecule has 3 heterocycles. The van der Waals surface area contributed by atoms with E-state index in [1.807, 2.05) is 23.1 Å². The van der Waals surface area contributed by atoms with Crippen molar-refractivity contribution in [3.63, 3.8) is 0 Å². The summed E-state index contributed by atoms with van der Waals surface area (Å²) in [6.07, 6.45) is 5.85. The van der Waals surface area contributed by atoms with Crippen LogP contribution in [-0.2, 0) is 9.59 Å². The molecule has 0 bridgehead atoms. The van der Waals surface area contributed by atoms with Crippen molar-refractivity contribution in [2.45, 2.75) is 31.8 Å². The Kier molecular flexibility index (Phi) is 6.81. The van der Waals surface area contributed by atoms with E-state index in [4.69, 9.17) is 16.3 Å². The zero-order chi connectivity index (χ0) is 27.3. The van der Waals surface area contributed by atoms with Gasteiger partial charge in [-0.15, -0.1) is 0 Å². The first kappa shape index (κ1) is 25.8. The van der Waals surface area contributed by atoms with Crippen LogP contribution in [0.3, 0.4) is 0 Å². The molecule has 6 rings (SSSR count). The van der Waals surface area contributed by atoms with Crippen molar-refractivity contribution < 1.29 is 19.1 Å². The average Bonchev–Trinajstić information content (AvgIpc) is 3.42. The van der Waals surface area contributed by atoms with Gasteiger partial charge in [-0.1, -0.05) is 71.2 Å². The predicted octanol–water partition coefficient (Wildman–Crippen LogP) is 6.55. The molecule has 0 N–H and O–H groups in total. The van der Waals surface area contributed by atoms with Crippen LogP contribution in [0, 0.1) is 11.8 Å². The number of fused-ring (bicyclic) bond motifs is 5. The standard InChI is InChI=1S/C31H26BrClN2O4/c1-2-3-16-39-23-13-11-22(12-14-23)34-30(37)26-24-15-7-18-6-10-21(33)17-25(18)35(24)28(27(26)31(34)38)29(36)19-4-8-20(32)9-5-19/h4-15,17,24,26-28H,2-3,16H2,1H3/t24-,26+,27-,28+/m1/s1. The van der Waals surface area contributed by atoms with E-state index in [0.717, 1.165) is 28.6 Å². The molecular formula is C31H26BrClN2O4. The van der Waals surface area contributed by atoms with Gasteiger partial charge < -0.3 is 9.64 Å². The maximum Gasteiger partial charge on any atom is 0.240 e. The third-order valence-electron chi connectivity index (χ3n) is 7.73. The minimum absolute atomic E-state index is 0.205. The highest BCUT2D eigenvalue weighted by Crippen LogP contribution is 2.50. The SMILES string of the molecule is CCCCOc1ccc(N2C(=O)[C@@H]3[C@@H](C2=O)[C@@H](C(=O)c2ccc(Br)cc2)N2c4cc(Cl)ccc4C=C[C@H]32)cc1. The molecule has 0 radical (unpaired) electrons. The van der Waals surface area contributed by atoms with E-state index in [2.05, 4.69) is 22.9 Å². The smallest absolute Gasteiger partial charge is 0.240 e. The highest BCUT2D eigenvalue weighted by atomic mass is 79.9. The lowest BCUT2D eigenvalue weighted by atomic mass is 9.86. The normalized spacial score (nSPS) is 23.1. The number of benzene rings is 3. The highest BCUT2D eigenvalue weighted by molar-refractivity contribution is 9.10. The lowest BCUT2D eigenvalue weighted by Gasteiger charge is -2.36. The fourth-order valence-corrected chi connectivity index (χ4v) is 6.33. The topological polar surface area (TPSA) is 66.9 Å². The summed E-state index contributed by atoms with van der Waals surface area (Å²) in [5.41, 5.74) is 2.60. The second-order valence-electron chi connectivity index (χ2n) is 10.0. The molecule has 198 valence electrons. The molecule has 3 aromatic rings. The van der Waals surface area contributed by atoms with Crippen LogP contribution in [0.2, 0.25) is 5.02 Å². The Morgan fingerprint density at radius 2 is 1.69 bits per heavy atom. The first-order valence-electron chi connectivity index (χ1n) is 13.1. The van der Waals surface area contributed by atoms with Gasteiger partial charge in [-0.05, 0) is 60.5 Å². The van der Waals surface area contributed by atoms with Crippen LogP contribution < -0.4 is 14.5 Å². The van der Waals surface area contributed by atoms with Crippen molar-refractivity contribution in [1.29, 1.82) is 0 Å². The summed E-state index contributed by atoms with van der Waals surface area (Å²) >= 11 is 9.79. The minimum atomic E-state index is -0.860.